The molecular formula is C18H21NO3. The van der Waals surface area contributed by atoms with E-state index in [1.165, 1.54) is 0 Å². The summed E-state index contributed by atoms with van der Waals surface area (Å²) in [6, 6.07) is 15.4. The zero-order valence-electron chi connectivity index (χ0n) is 13.3. The molecule has 0 aliphatic heterocycles. The highest BCUT2D eigenvalue weighted by molar-refractivity contribution is 5.85. The highest BCUT2D eigenvalue weighted by Gasteiger charge is 2.16. The number of carbonyl (C=O) groups is 1. The van der Waals surface area contributed by atoms with E-state index in [1.807, 2.05) is 69.3 Å². The minimum absolute atomic E-state index is 0.454. The van der Waals surface area contributed by atoms with Crippen LogP contribution >= 0.6 is 0 Å². The predicted molar refractivity (Wildman–Crippen MR) is 88.3 cm³/mol. The number of carbonyl (C=O) groups excluding carboxylic acids is 1. The van der Waals surface area contributed by atoms with Gasteiger partial charge in [0.25, 0.3) is 0 Å². The molecule has 1 N–H and O–H groups in total. The van der Waals surface area contributed by atoms with Crippen molar-refractivity contribution in [2.75, 3.05) is 12.4 Å². The summed E-state index contributed by atoms with van der Waals surface area (Å²) in [5, 5.41) is 2.71. The molecule has 0 spiro atoms. The third kappa shape index (κ3) is 4.52. The highest BCUT2D eigenvalue weighted by atomic mass is 16.6. The second-order valence-corrected chi connectivity index (χ2v) is 5.93. The molecule has 0 atom stereocenters. The number of hydrogen-bond acceptors (Lipinski definition) is 3. The third-order valence-electron chi connectivity index (χ3n) is 2.95. The van der Waals surface area contributed by atoms with Crippen molar-refractivity contribution in [1.82, 2.24) is 0 Å². The number of anilines is 1. The Labute approximate surface area is 131 Å². The summed E-state index contributed by atoms with van der Waals surface area (Å²) >= 11 is 0. The zero-order chi connectivity index (χ0) is 16.2. The molecule has 0 aliphatic carbocycles. The molecule has 0 fully saturated rings. The number of hydrogen-bond donors (Lipinski definition) is 1. The van der Waals surface area contributed by atoms with Gasteiger partial charge in [0, 0.05) is 5.69 Å². The van der Waals surface area contributed by atoms with Gasteiger partial charge in [-0.15, -0.1) is 0 Å². The molecule has 0 unspecified atom stereocenters. The van der Waals surface area contributed by atoms with Crippen LogP contribution in [0.4, 0.5) is 10.5 Å². The maximum Gasteiger partial charge on any atom is 0.412 e. The number of benzene rings is 2. The lowest BCUT2D eigenvalue weighted by Gasteiger charge is -2.19. The first-order chi connectivity index (χ1) is 10.4. The molecule has 1 amide bonds. The Morgan fingerprint density at radius 2 is 1.41 bits per heavy atom. The molecule has 0 radical (unpaired) electrons. The van der Waals surface area contributed by atoms with Crippen LogP contribution in [0.15, 0.2) is 48.5 Å². The standard InChI is InChI=1S/C18H21NO3/c1-18(2,3)22-17(20)19-15-9-5-13(6-10-15)14-7-11-16(21-4)12-8-14/h5-12H,1-4H3,(H,19,20). The fraction of sp³-hybridized carbons (Fsp3) is 0.278. The maximum absolute atomic E-state index is 11.7. The Hall–Kier alpha value is -2.49. The van der Waals surface area contributed by atoms with E-state index in [1.54, 1.807) is 7.11 Å². The fourth-order valence-corrected chi connectivity index (χ4v) is 1.95. The number of nitrogens with one attached hydrogen (secondary N) is 1. The average Bonchev–Trinajstić information content (AvgIpc) is 2.46. The van der Waals surface area contributed by atoms with E-state index < -0.39 is 11.7 Å². The molecule has 0 saturated heterocycles. The molecule has 0 bridgehead atoms. The van der Waals surface area contributed by atoms with Crippen LogP contribution in [0.5, 0.6) is 5.75 Å². The Morgan fingerprint density at radius 3 is 1.86 bits per heavy atom. The van der Waals surface area contributed by atoms with E-state index in [4.69, 9.17) is 9.47 Å². The van der Waals surface area contributed by atoms with Gasteiger partial charge >= 0.3 is 6.09 Å². The van der Waals surface area contributed by atoms with Crippen molar-refractivity contribution in [3.63, 3.8) is 0 Å². The van der Waals surface area contributed by atoms with Gasteiger partial charge in [-0.25, -0.2) is 4.79 Å². The number of ether oxygens (including phenoxy) is 2. The normalized spacial score (nSPS) is 10.9. The molecular weight excluding hydrogens is 278 g/mol. The van der Waals surface area contributed by atoms with Crippen molar-refractivity contribution in [3.05, 3.63) is 48.5 Å². The first-order valence-electron chi connectivity index (χ1n) is 7.12. The van der Waals surface area contributed by atoms with Gasteiger partial charge in [-0.1, -0.05) is 24.3 Å². The summed E-state index contributed by atoms with van der Waals surface area (Å²) < 4.78 is 10.4. The minimum atomic E-state index is -0.507. The van der Waals surface area contributed by atoms with Crippen molar-refractivity contribution >= 4 is 11.8 Å². The SMILES string of the molecule is COc1ccc(-c2ccc(NC(=O)OC(C)(C)C)cc2)cc1. The minimum Gasteiger partial charge on any atom is -0.497 e. The molecule has 22 heavy (non-hydrogen) atoms. The monoisotopic (exact) mass is 299 g/mol. The van der Waals surface area contributed by atoms with Crippen LogP contribution in [0.1, 0.15) is 20.8 Å². The van der Waals surface area contributed by atoms with Gasteiger partial charge in [0.05, 0.1) is 7.11 Å². The lowest BCUT2D eigenvalue weighted by molar-refractivity contribution is 0.0636. The lowest BCUT2D eigenvalue weighted by Crippen LogP contribution is -2.27. The van der Waals surface area contributed by atoms with E-state index in [0.29, 0.717) is 5.69 Å². The summed E-state index contributed by atoms with van der Waals surface area (Å²) in [5.74, 6) is 0.826. The largest absolute Gasteiger partial charge is 0.497 e. The van der Waals surface area contributed by atoms with E-state index in [2.05, 4.69) is 5.32 Å². The first-order valence-corrected chi connectivity index (χ1v) is 7.12. The number of rotatable bonds is 3. The van der Waals surface area contributed by atoms with Crippen molar-refractivity contribution < 1.29 is 14.3 Å². The van der Waals surface area contributed by atoms with E-state index in [9.17, 15) is 4.79 Å². The Morgan fingerprint density at radius 1 is 0.909 bits per heavy atom. The molecule has 2 aromatic carbocycles. The van der Waals surface area contributed by atoms with Crippen LogP contribution in [0.25, 0.3) is 11.1 Å². The Kier molecular flexibility index (Phi) is 4.71. The highest BCUT2D eigenvalue weighted by Crippen LogP contribution is 2.24. The number of methoxy groups -OCH3 is 1. The molecule has 2 rings (SSSR count). The average molecular weight is 299 g/mol. The second kappa shape index (κ2) is 6.52. The zero-order valence-corrected chi connectivity index (χ0v) is 13.3. The van der Waals surface area contributed by atoms with Crippen LogP contribution in [0.3, 0.4) is 0 Å². The van der Waals surface area contributed by atoms with Crippen molar-refractivity contribution in [3.8, 4) is 16.9 Å². The summed E-state index contributed by atoms with van der Waals surface area (Å²) in [4.78, 5) is 11.7. The van der Waals surface area contributed by atoms with Crippen molar-refractivity contribution in [2.24, 2.45) is 0 Å². The van der Waals surface area contributed by atoms with Gasteiger partial charge in [-0.3, -0.25) is 5.32 Å². The van der Waals surface area contributed by atoms with E-state index in [0.717, 1.165) is 16.9 Å². The molecule has 0 aliphatic rings. The molecule has 0 aromatic heterocycles. The lowest BCUT2D eigenvalue weighted by atomic mass is 10.1. The summed E-state index contributed by atoms with van der Waals surface area (Å²) in [6.07, 6.45) is -0.454. The van der Waals surface area contributed by atoms with Crippen LogP contribution in [0.2, 0.25) is 0 Å². The van der Waals surface area contributed by atoms with Gasteiger partial charge in [-0.2, -0.15) is 0 Å². The topological polar surface area (TPSA) is 47.6 Å². The van der Waals surface area contributed by atoms with Crippen molar-refractivity contribution in [2.45, 2.75) is 26.4 Å². The second-order valence-electron chi connectivity index (χ2n) is 5.93. The smallest absolute Gasteiger partial charge is 0.412 e. The maximum atomic E-state index is 11.7. The van der Waals surface area contributed by atoms with E-state index >= 15 is 0 Å². The molecule has 0 saturated carbocycles. The van der Waals surface area contributed by atoms with Crippen LogP contribution < -0.4 is 10.1 Å². The van der Waals surface area contributed by atoms with Crippen LogP contribution in [-0.4, -0.2) is 18.8 Å². The predicted octanol–water partition coefficient (Wildman–Crippen LogP) is 4.71. The Bertz CT molecular complexity index is 625. The summed E-state index contributed by atoms with van der Waals surface area (Å²) in [5.41, 5.74) is 2.35. The van der Waals surface area contributed by atoms with Crippen LogP contribution in [0, 0.1) is 0 Å². The molecule has 4 nitrogen and oxygen atoms in total. The molecule has 116 valence electrons. The quantitative estimate of drug-likeness (QED) is 0.893. The molecule has 4 heteroatoms. The fourth-order valence-electron chi connectivity index (χ4n) is 1.95. The summed E-state index contributed by atoms with van der Waals surface area (Å²) in [7, 11) is 1.64. The Balaban J connectivity index is 2.05. The number of amides is 1. The van der Waals surface area contributed by atoms with Gasteiger partial charge in [0.2, 0.25) is 0 Å². The van der Waals surface area contributed by atoms with E-state index in [-0.39, 0.29) is 0 Å². The van der Waals surface area contributed by atoms with Crippen molar-refractivity contribution in [1.29, 1.82) is 0 Å². The molecule has 0 heterocycles. The van der Waals surface area contributed by atoms with Gasteiger partial charge in [0.15, 0.2) is 0 Å². The third-order valence-corrected chi connectivity index (χ3v) is 2.95. The van der Waals surface area contributed by atoms with Gasteiger partial charge in [-0.05, 0) is 56.2 Å². The molecule has 2 aromatic rings. The van der Waals surface area contributed by atoms with Crippen LogP contribution in [-0.2, 0) is 4.74 Å². The first kappa shape index (κ1) is 15.9. The van der Waals surface area contributed by atoms with Gasteiger partial charge in [0.1, 0.15) is 11.4 Å². The summed E-state index contributed by atoms with van der Waals surface area (Å²) in [6.45, 7) is 5.50. The van der Waals surface area contributed by atoms with Gasteiger partial charge < -0.3 is 9.47 Å².